The van der Waals surface area contributed by atoms with Crippen molar-refractivity contribution in [2.45, 2.75) is 25.6 Å². The van der Waals surface area contributed by atoms with Gasteiger partial charge in [-0.1, -0.05) is 5.16 Å². The molecule has 0 aromatic carbocycles. The van der Waals surface area contributed by atoms with Crippen molar-refractivity contribution in [2.24, 2.45) is 16.8 Å². The van der Waals surface area contributed by atoms with Crippen LogP contribution >= 0.6 is 0 Å². The first-order chi connectivity index (χ1) is 14.3. The summed E-state index contributed by atoms with van der Waals surface area (Å²) in [6.07, 6.45) is 0.0850. The summed E-state index contributed by atoms with van der Waals surface area (Å²) >= 11 is 0. The van der Waals surface area contributed by atoms with E-state index in [2.05, 4.69) is 10.1 Å². The van der Waals surface area contributed by atoms with Crippen LogP contribution in [-0.2, 0) is 4.84 Å². The lowest BCUT2D eigenvalue weighted by molar-refractivity contribution is 0.0694. The van der Waals surface area contributed by atoms with Crippen LogP contribution in [0.25, 0.3) is 11.0 Å². The summed E-state index contributed by atoms with van der Waals surface area (Å²) in [6, 6.07) is 0.329. The van der Waals surface area contributed by atoms with Gasteiger partial charge >= 0.3 is 5.97 Å². The van der Waals surface area contributed by atoms with Gasteiger partial charge < -0.3 is 25.1 Å². The molecule has 1 aliphatic carbocycles. The highest BCUT2D eigenvalue weighted by atomic mass is 19.1. The standard InChI is InChI=1S/C19H21F2N5O4/c1-2-30-24-14-8-25(6-9(14)5-22)18-13(21)3-10-16(27)11(19(28)29)7-26(17(10)23-18)15-4-12(15)20/h3,7,9,12,15H,2,4-6,8,22H2,1H3,(H,28,29)/b24-14-/t9?,12-,15+/m0/s1. The second-order valence-electron chi connectivity index (χ2n) is 7.38. The Kier molecular flexibility index (Phi) is 5.14. The first kappa shape index (κ1) is 20.2. The van der Waals surface area contributed by atoms with Gasteiger partial charge in [0.15, 0.2) is 11.6 Å². The number of anilines is 1. The Hall–Kier alpha value is -3.08. The molecule has 2 aliphatic rings. The number of hydrogen-bond acceptors (Lipinski definition) is 7. The van der Waals surface area contributed by atoms with E-state index in [1.165, 1.54) is 4.57 Å². The Bertz CT molecular complexity index is 1100. The van der Waals surface area contributed by atoms with Crippen molar-refractivity contribution in [1.29, 1.82) is 0 Å². The van der Waals surface area contributed by atoms with Crippen LogP contribution in [0.2, 0.25) is 0 Å². The second kappa shape index (κ2) is 7.63. The van der Waals surface area contributed by atoms with Gasteiger partial charge in [0, 0.05) is 31.6 Å². The van der Waals surface area contributed by atoms with E-state index in [-0.39, 0.29) is 42.3 Å². The molecule has 3 N–H and O–H groups in total. The number of nitrogens with two attached hydrogens (primary N) is 1. The number of carbonyl (C=O) groups is 1. The smallest absolute Gasteiger partial charge is 0.341 e. The van der Waals surface area contributed by atoms with Crippen LogP contribution in [0.3, 0.4) is 0 Å². The van der Waals surface area contributed by atoms with Crippen molar-refractivity contribution >= 4 is 28.5 Å². The molecule has 0 amide bonds. The molecule has 30 heavy (non-hydrogen) atoms. The summed E-state index contributed by atoms with van der Waals surface area (Å²) in [5.74, 6) is -2.42. The third-order valence-electron chi connectivity index (χ3n) is 5.37. The molecule has 2 aromatic rings. The second-order valence-corrected chi connectivity index (χ2v) is 7.38. The molecular weight excluding hydrogens is 400 g/mol. The number of nitrogens with zero attached hydrogens (tertiary/aromatic N) is 4. The van der Waals surface area contributed by atoms with Gasteiger partial charge in [0.25, 0.3) is 0 Å². The SMILES string of the molecule is CCO/N=C1/CN(c2nc3c(cc2F)c(=O)c(C(=O)O)cn3[C@@H]2C[C@@H]2F)CC1CN. The van der Waals surface area contributed by atoms with Gasteiger partial charge in [-0.2, -0.15) is 0 Å². The first-order valence-electron chi connectivity index (χ1n) is 9.62. The molecule has 1 aliphatic heterocycles. The summed E-state index contributed by atoms with van der Waals surface area (Å²) in [5.41, 5.74) is 5.09. The van der Waals surface area contributed by atoms with Crippen molar-refractivity contribution in [3.63, 3.8) is 0 Å². The zero-order chi connectivity index (χ0) is 21.6. The van der Waals surface area contributed by atoms with Gasteiger partial charge in [-0.15, -0.1) is 0 Å². The molecule has 0 spiro atoms. The molecule has 4 rings (SSSR count). The highest BCUT2D eigenvalue weighted by Gasteiger charge is 2.41. The van der Waals surface area contributed by atoms with Crippen LogP contribution in [-0.4, -0.2) is 58.8 Å². The average molecular weight is 421 g/mol. The lowest BCUT2D eigenvalue weighted by Gasteiger charge is -2.19. The summed E-state index contributed by atoms with van der Waals surface area (Å²) in [6.45, 7) is 3.05. The van der Waals surface area contributed by atoms with Crippen LogP contribution in [0.4, 0.5) is 14.6 Å². The summed E-state index contributed by atoms with van der Waals surface area (Å²) in [7, 11) is 0. The zero-order valence-corrected chi connectivity index (χ0v) is 16.2. The van der Waals surface area contributed by atoms with Gasteiger partial charge in [0.1, 0.15) is 24.0 Å². The van der Waals surface area contributed by atoms with E-state index < -0.39 is 35.0 Å². The zero-order valence-electron chi connectivity index (χ0n) is 16.2. The predicted octanol–water partition coefficient (Wildman–Crippen LogP) is 1.30. The molecule has 2 aromatic heterocycles. The van der Waals surface area contributed by atoms with Crippen molar-refractivity contribution in [1.82, 2.24) is 9.55 Å². The molecule has 9 nitrogen and oxygen atoms in total. The summed E-state index contributed by atoms with van der Waals surface area (Å²) in [5, 5.41) is 13.2. The van der Waals surface area contributed by atoms with Crippen molar-refractivity contribution in [2.75, 3.05) is 31.1 Å². The van der Waals surface area contributed by atoms with Crippen LogP contribution in [0, 0.1) is 11.7 Å². The number of carboxylic acid groups (broad SMARTS) is 1. The maximum atomic E-state index is 14.9. The lowest BCUT2D eigenvalue weighted by atomic mass is 10.1. The highest BCUT2D eigenvalue weighted by molar-refractivity contribution is 5.95. The largest absolute Gasteiger partial charge is 0.477 e. The predicted molar refractivity (Wildman–Crippen MR) is 105 cm³/mol. The van der Waals surface area contributed by atoms with Crippen molar-refractivity contribution < 1.29 is 23.5 Å². The quantitative estimate of drug-likeness (QED) is 0.674. The first-order valence-corrected chi connectivity index (χ1v) is 9.62. The molecule has 0 radical (unpaired) electrons. The van der Waals surface area contributed by atoms with Gasteiger partial charge in [-0.05, 0) is 13.0 Å². The Balaban J connectivity index is 1.83. The molecule has 1 saturated carbocycles. The average Bonchev–Trinajstić information content (AvgIpc) is 3.29. The molecule has 11 heteroatoms. The minimum absolute atomic E-state index is 0.0325. The third-order valence-corrected chi connectivity index (χ3v) is 5.37. The van der Waals surface area contributed by atoms with Gasteiger partial charge in [0.2, 0.25) is 5.43 Å². The third kappa shape index (κ3) is 3.38. The Morgan fingerprint density at radius 3 is 2.83 bits per heavy atom. The molecule has 3 atom stereocenters. The molecule has 3 heterocycles. The number of carboxylic acids is 1. The van der Waals surface area contributed by atoms with Crippen molar-refractivity contribution in [3.8, 4) is 0 Å². The van der Waals surface area contributed by atoms with Gasteiger partial charge in [0.05, 0.1) is 23.7 Å². The molecule has 1 saturated heterocycles. The summed E-state index contributed by atoms with van der Waals surface area (Å²) in [4.78, 5) is 35.0. The number of aromatic carboxylic acids is 1. The van der Waals surface area contributed by atoms with Crippen LogP contribution in [0.15, 0.2) is 22.2 Å². The van der Waals surface area contributed by atoms with E-state index in [0.717, 1.165) is 12.3 Å². The number of halogens is 2. The maximum Gasteiger partial charge on any atom is 0.341 e. The topological polar surface area (TPSA) is 123 Å². The Labute approximate surface area is 169 Å². The number of hydrogen-bond donors (Lipinski definition) is 2. The minimum atomic E-state index is -1.46. The van der Waals surface area contributed by atoms with Crippen molar-refractivity contribution in [3.05, 3.63) is 33.9 Å². The Morgan fingerprint density at radius 2 is 2.23 bits per heavy atom. The number of alkyl halides is 1. The van der Waals surface area contributed by atoms with E-state index in [1.807, 2.05) is 0 Å². The van der Waals surface area contributed by atoms with Gasteiger partial charge in [-0.3, -0.25) is 4.79 Å². The highest BCUT2D eigenvalue weighted by Crippen LogP contribution is 2.40. The molecule has 160 valence electrons. The van der Waals surface area contributed by atoms with E-state index in [1.54, 1.807) is 11.8 Å². The van der Waals surface area contributed by atoms with E-state index in [4.69, 9.17) is 10.6 Å². The fourth-order valence-electron chi connectivity index (χ4n) is 3.69. The fraction of sp³-hybridized carbons (Fsp3) is 0.474. The maximum absolute atomic E-state index is 14.9. The van der Waals surface area contributed by atoms with E-state index in [9.17, 15) is 23.5 Å². The normalized spacial score (nSPS) is 24.6. The molecule has 1 unspecified atom stereocenters. The number of fused-ring (bicyclic) bond motifs is 1. The van der Waals surface area contributed by atoms with E-state index in [0.29, 0.717) is 18.9 Å². The molecule has 2 fully saturated rings. The molecule has 0 bridgehead atoms. The fourth-order valence-corrected chi connectivity index (χ4v) is 3.69. The molecular formula is C19H21F2N5O4. The number of oxime groups is 1. The van der Waals surface area contributed by atoms with Crippen LogP contribution in [0.5, 0.6) is 0 Å². The number of rotatable bonds is 6. The van der Waals surface area contributed by atoms with E-state index >= 15 is 0 Å². The number of aromatic nitrogens is 2. The van der Waals surface area contributed by atoms with Crippen LogP contribution < -0.4 is 16.1 Å². The minimum Gasteiger partial charge on any atom is -0.477 e. The monoisotopic (exact) mass is 421 g/mol. The van der Waals surface area contributed by atoms with Gasteiger partial charge in [-0.25, -0.2) is 18.6 Å². The van der Waals surface area contributed by atoms with Crippen LogP contribution in [0.1, 0.15) is 29.7 Å². The number of pyridine rings is 2. The summed E-state index contributed by atoms with van der Waals surface area (Å²) < 4.78 is 30.0. The Morgan fingerprint density at radius 1 is 1.50 bits per heavy atom. The lowest BCUT2D eigenvalue weighted by Crippen LogP contribution is -2.26.